The minimum atomic E-state index is -1.59. The van der Waals surface area contributed by atoms with E-state index in [0.717, 1.165) is 0 Å². The van der Waals surface area contributed by atoms with E-state index < -0.39 is 23.2 Å². The molecular formula is C7H3F2NaO2. The van der Waals surface area contributed by atoms with Crippen molar-refractivity contribution >= 4 is 5.97 Å². The van der Waals surface area contributed by atoms with Gasteiger partial charge < -0.3 is 9.90 Å². The molecule has 0 amide bonds. The number of carboxylic acid groups (broad SMARTS) is 1. The van der Waals surface area contributed by atoms with Crippen LogP contribution in [-0.4, -0.2) is 5.97 Å². The van der Waals surface area contributed by atoms with E-state index in [1.807, 2.05) is 0 Å². The van der Waals surface area contributed by atoms with Crippen molar-refractivity contribution in [3.8, 4) is 0 Å². The SMILES string of the molecule is O=C([O-])c1cc(F)cc(F)c1.[Na+]. The molecule has 0 spiro atoms. The Morgan fingerprint density at radius 1 is 1.17 bits per heavy atom. The first-order valence-electron chi connectivity index (χ1n) is 2.77. The molecule has 1 aromatic carbocycles. The van der Waals surface area contributed by atoms with Crippen LogP contribution in [0.1, 0.15) is 10.4 Å². The summed E-state index contributed by atoms with van der Waals surface area (Å²) in [4.78, 5) is 10.1. The molecule has 0 bridgehead atoms. The zero-order valence-electron chi connectivity index (χ0n) is 6.30. The van der Waals surface area contributed by atoms with Crippen molar-refractivity contribution in [2.24, 2.45) is 0 Å². The van der Waals surface area contributed by atoms with Gasteiger partial charge in [-0.25, -0.2) is 8.78 Å². The molecule has 58 valence electrons. The monoisotopic (exact) mass is 180 g/mol. The molecule has 0 aromatic heterocycles. The average molecular weight is 180 g/mol. The molecular weight excluding hydrogens is 177 g/mol. The number of carboxylic acids is 1. The molecule has 0 heterocycles. The third kappa shape index (κ3) is 2.89. The molecule has 1 rings (SSSR count). The minimum Gasteiger partial charge on any atom is -0.545 e. The Bertz CT molecular complexity index is 281. The summed E-state index contributed by atoms with van der Waals surface area (Å²) in [6.45, 7) is 0. The molecule has 0 aliphatic carbocycles. The van der Waals surface area contributed by atoms with E-state index in [1.165, 1.54) is 0 Å². The summed E-state index contributed by atoms with van der Waals surface area (Å²) in [5.41, 5.74) is -0.498. The molecule has 0 fully saturated rings. The second kappa shape index (κ2) is 4.54. The van der Waals surface area contributed by atoms with Crippen molar-refractivity contribution in [2.75, 3.05) is 0 Å². The number of carbonyl (C=O) groups is 1. The van der Waals surface area contributed by atoms with Gasteiger partial charge in [-0.2, -0.15) is 0 Å². The fourth-order valence-electron chi connectivity index (χ4n) is 0.672. The number of benzene rings is 1. The van der Waals surface area contributed by atoms with E-state index in [2.05, 4.69) is 0 Å². The van der Waals surface area contributed by atoms with Crippen LogP contribution in [0.15, 0.2) is 18.2 Å². The molecule has 0 aliphatic heterocycles. The summed E-state index contributed by atoms with van der Waals surface area (Å²) >= 11 is 0. The third-order valence-corrected chi connectivity index (χ3v) is 1.10. The van der Waals surface area contributed by atoms with Crippen LogP contribution in [-0.2, 0) is 0 Å². The number of halogens is 2. The summed E-state index contributed by atoms with van der Waals surface area (Å²) < 4.78 is 24.5. The normalized spacial score (nSPS) is 8.83. The molecule has 1 aromatic rings. The number of aromatic carboxylic acids is 1. The molecule has 12 heavy (non-hydrogen) atoms. The second-order valence-electron chi connectivity index (χ2n) is 1.95. The third-order valence-electron chi connectivity index (χ3n) is 1.10. The Kier molecular flexibility index (Phi) is 4.37. The van der Waals surface area contributed by atoms with E-state index in [-0.39, 0.29) is 29.6 Å². The molecule has 0 atom stereocenters. The summed E-state index contributed by atoms with van der Waals surface area (Å²) in [5, 5.41) is 10.1. The Hall–Kier alpha value is -0.450. The van der Waals surface area contributed by atoms with Crippen molar-refractivity contribution in [1.82, 2.24) is 0 Å². The Morgan fingerprint density at radius 2 is 1.58 bits per heavy atom. The smallest absolute Gasteiger partial charge is 0.545 e. The Labute approximate surface area is 89.5 Å². The predicted molar refractivity (Wildman–Crippen MR) is 30.7 cm³/mol. The maximum atomic E-state index is 12.3. The van der Waals surface area contributed by atoms with Crippen molar-refractivity contribution in [1.29, 1.82) is 0 Å². The van der Waals surface area contributed by atoms with Crippen molar-refractivity contribution < 1.29 is 48.2 Å². The van der Waals surface area contributed by atoms with Crippen LogP contribution in [0.5, 0.6) is 0 Å². The minimum absolute atomic E-state index is 0. The van der Waals surface area contributed by atoms with Crippen LogP contribution in [0.3, 0.4) is 0 Å². The van der Waals surface area contributed by atoms with Crippen LogP contribution in [0.2, 0.25) is 0 Å². The van der Waals surface area contributed by atoms with Gasteiger partial charge in [0.25, 0.3) is 0 Å². The van der Waals surface area contributed by atoms with Crippen LogP contribution in [0.25, 0.3) is 0 Å². The molecule has 0 unspecified atom stereocenters. The quantitative estimate of drug-likeness (QED) is 0.442. The van der Waals surface area contributed by atoms with E-state index in [4.69, 9.17) is 0 Å². The second-order valence-corrected chi connectivity index (χ2v) is 1.95. The van der Waals surface area contributed by atoms with Gasteiger partial charge in [0.05, 0.1) is 5.97 Å². The van der Waals surface area contributed by atoms with Gasteiger partial charge >= 0.3 is 29.6 Å². The maximum Gasteiger partial charge on any atom is 1.00 e. The van der Waals surface area contributed by atoms with Crippen LogP contribution in [0.4, 0.5) is 8.78 Å². The van der Waals surface area contributed by atoms with Gasteiger partial charge in [0, 0.05) is 11.6 Å². The summed E-state index contributed by atoms with van der Waals surface area (Å²) in [6.07, 6.45) is 0. The maximum absolute atomic E-state index is 12.3. The average Bonchev–Trinajstić information content (AvgIpc) is 1.85. The first-order valence-corrected chi connectivity index (χ1v) is 2.77. The van der Waals surface area contributed by atoms with Gasteiger partial charge in [-0.3, -0.25) is 0 Å². The first kappa shape index (κ1) is 11.6. The molecule has 0 saturated heterocycles. The summed E-state index contributed by atoms with van der Waals surface area (Å²) in [7, 11) is 0. The van der Waals surface area contributed by atoms with Gasteiger partial charge in [-0.15, -0.1) is 0 Å². The zero-order chi connectivity index (χ0) is 8.43. The predicted octanol–water partition coefficient (Wildman–Crippen LogP) is -2.67. The fourth-order valence-corrected chi connectivity index (χ4v) is 0.672. The van der Waals surface area contributed by atoms with Gasteiger partial charge in [0.2, 0.25) is 0 Å². The molecule has 2 nitrogen and oxygen atoms in total. The standard InChI is InChI=1S/C7H4F2O2.Na/c8-5-1-4(7(10)11)2-6(9)3-5;/h1-3H,(H,10,11);/q;+1/p-1. The summed E-state index contributed by atoms with van der Waals surface area (Å²) in [6, 6.07) is 1.98. The molecule has 5 heteroatoms. The first-order chi connectivity index (χ1) is 5.09. The van der Waals surface area contributed by atoms with E-state index in [1.54, 1.807) is 0 Å². The molecule has 0 N–H and O–H groups in total. The van der Waals surface area contributed by atoms with E-state index >= 15 is 0 Å². The van der Waals surface area contributed by atoms with Crippen LogP contribution in [0, 0.1) is 11.6 Å². The molecule has 0 aliphatic rings. The largest absolute Gasteiger partial charge is 1.00 e. The van der Waals surface area contributed by atoms with Gasteiger partial charge in [-0.1, -0.05) is 0 Å². The van der Waals surface area contributed by atoms with Crippen molar-refractivity contribution in [3.63, 3.8) is 0 Å². The van der Waals surface area contributed by atoms with E-state index in [0.29, 0.717) is 18.2 Å². The zero-order valence-corrected chi connectivity index (χ0v) is 8.30. The Morgan fingerprint density at radius 3 is 1.92 bits per heavy atom. The number of rotatable bonds is 1. The van der Waals surface area contributed by atoms with Crippen LogP contribution < -0.4 is 34.7 Å². The molecule has 0 saturated carbocycles. The van der Waals surface area contributed by atoms with Crippen molar-refractivity contribution in [2.45, 2.75) is 0 Å². The Balaban J connectivity index is 0.00000121. The van der Waals surface area contributed by atoms with Gasteiger partial charge in [0.1, 0.15) is 11.6 Å². The fraction of sp³-hybridized carbons (Fsp3) is 0. The van der Waals surface area contributed by atoms with Gasteiger partial charge in [-0.05, 0) is 12.1 Å². The summed E-state index contributed by atoms with van der Waals surface area (Å²) in [5.74, 6) is -3.45. The van der Waals surface area contributed by atoms with E-state index in [9.17, 15) is 18.7 Å². The van der Waals surface area contributed by atoms with Gasteiger partial charge in [0.15, 0.2) is 0 Å². The number of carbonyl (C=O) groups excluding carboxylic acids is 1. The topological polar surface area (TPSA) is 40.1 Å². The van der Waals surface area contributed by atoms with Crippen LogP contribution >= 0.6 is 0 Å². The van der Waals surface area contributed by atoms with Crippen molar-refractivity contribution in [3.05, 3.63) is 35.4 Å². The number of hydrogen-bond donors (Lipinski definition) is 0. The number of hydrogen-bond acceptors (Lipinski definition) is 2. The molecule has 0 radical (unpaired) electrons.